The van der Waals surface area contributed by atoms with E-state index in [1.165, 1.54) is 50.5 Å². The fourth-order valence-corrected chi connectivity index (χ4v) is 8.46. The Labute approximate surface area is 174 Å². The Morgan fingerprint density at radius 2 is 1.25 bits per heavy atom. The summed E-state index contributed by atoms with van der Waals surface area (Å²) in [6.45, 7) is 6.42. The predicted molar refractivity (Wildman–Crippen MR) is 127 cm³/mol. The molecule has 3 heteroatoms. The molecule has 0 saturated heterocycles. The molecule has 0 aliphatic carbocycles. The van der Waals surface area contributed by atoms with Crippen LogP contribution in [0, 0.1) is 0 Å². The van der Waals surface area contributed by atoms with E-state index in [1.807, 2.05) is 0 Å². The summed E-state index contributed by atoms with van der Waals surface area (Å²) >= 11 is 0. The number of hydrogen-bond acceptors (Lipinski definition) is 2. The molecule has 0 spiro atoms. The van der Waals surface area contributed by atoms with Gasteiger partial charge in [0.25, 0.3) is 0 Å². The normalized spacial score (nSPS) is 13.1. The second-order valence-electron chi connectivity index (χ2n) is 8.49. The summed E-state index contributed by atoms with van der Waals surface area (Å²) in [7, 11) is 0. The molecule has 0 atom stereocenters. The van der Waals surface area contributed by atoms with E-state index in [2.05, 4.69) is 58.0 Å². The van der Waals surface area contributed by atoms with Crippen LogP contribution >= 0.6 is 6.83 Å². The summed E-state index contributed by atoms with van der Waals surface area (Å²) in [6.07, 6.45) is 15.9. The van der Waals surface area contributed by atoms with E-state index in [-0.39, 0.29) is 5.97 Å². The van der Waals surface area contributed by atoms with Gasteiger partial charge in [0.1, 0.15) is 0 Å². The van der Waals surface area contributed by atoms with Crippen LogP contribution in [0.3, 0.4) is 0 Å². The van der Waals surface area contributed by atoms with Crippen molar-refractivity contribution in [3.8, 4) is 0 Å². The number of unbranched alkanes of at least 4 members (excludes halogenated alkanes) is 8. The Bertz CT molecular complexity index is 526. The number of hydrogen-bond donors (Lipinski definition) is 0. The first kappa shape index (κ1) is 25.2. The Kier molecular flexibility index (Phi) is 12.0. The summed E-state index contributed by atoms with van der Waals surface area (Å²) < 4.78 is 6.44. The van der Waals surface area contributed by atoms with Gasteiger partial charge in [-0.25, -0.2) is 0 Å². The average Bonchev–Trinajstić information content (AvgIpc) is 2.73. The van der Waals surface area contributed by atoms with Gasteiger partial charge in [0.05, 0.1) is 0 Å². The Morgan fingerprint density at radius 1 is 0.750 bits per heavy atom. The summed E-state index contributed by atoms with van der Waals surface area (Å²) in [6, 6.07) is 10.6. The molecule has 1 rings (SSSR count). The first-order chi connectivity index (χ1) is 13.5. The predicted octanol–water partition coefficient (Wildman–Crippen LogP) is 8.18. The standard InChI is InChI=1S/C25H45O2P/c1-5-9-10-11-12-13-14-15-19-22-25(26)27-28(6-2,7-3,8-4)23-24-20-17-16-18-21-24/h16-18,20-21H,5-15,19,22-23H2,1-4H3. The van der Waals surface area contributed by atoms with Crippen molar-refractivity contribution in [3.63, 3.8) is 0 Å². The zero-order chi connectivity index (χ0) is 20.7. The molecule has 0 unspecified atom stereocenters. The van der Waals surface area contributed by atoms with Crippen LogP contribution in [-0.4, -0.2) is 24.5 Å². The molecule has 0 heterocycles. The van der Waals surface area contributed by atoms with Crippen molar-refractivity contribution in [2.75, 3.05) is 18.5 Å². The molecular formula is C25H45O2P. The van der Waals surface area contributed by atoms with Crippen molar-refractivity contribution < 1.29 is 9.32 Å². The van der Waals surface area contributed by atoms with Crippen LogP contribution in [-0.2, 0) is 15.5 Å². The van der Waals surface area contributed by atoms with E-state index in [9.17, 15) is 4.79 Å². The van der Waals surface area contributed by atoms with Gasteiger partial charge in [0.2, 0.25) is 0 Å². The minimum atomic E-state index is -2.50. The fourth-order valence-electron chi connectivity index (χ4n) is 4.19. The van der Waals surface area contributed by atoms with Gasteiger partial charge < -0.3 is 0 Å². The van der Waals surface area contributed by atoms with Crippen LogP contribution in [0.5, 0.6) is 0 Å². The van der Waals surface area contributed by atoms with Crippen molar-refractivity contribution >= 4 is 12.8 Å². The van der Waals surface area contributed by atoms with E-state index in [0.29, 0.717) is 6.42 Å². The van der Waals surface area contributed by atoms with Gasteiger partial charge in [0.15, 0.2) is 0 Å². The molecule has 0 amide bonds. The number of carbonyl (C=O) groups excluding carboxylic acids is 1. The third-order valence-electron chi connectivity index (χ3n) is 6.67. The zero-order valence-corrected chi connectivity index (χ0v) is 19.9. The number of rotatable bonds is 16. The first-order valence-electron chi connectivity index (χ1n) is 11.8. The molecule has 0 aliphatic heterocycles. The zero-order valence-electron chi connectivity index (χ0n) is 19.0. The van der Waals surface area contributed by atoms with E-state index in [0.717, 1.165) is 37.5 Å². The van der Waals surface area contributed by atoms with Crippen molar-refractivity contribution in [1.82, 2.24) is 0 Å². The topological polar surface area (TPSA) is 26.3 Å². The van der Waals surface area contributed by atoms with E-state index < -0.39 is 6.83 Å². The second-order valence-corrected chi connectivity index (χ2v) is 14.6. The van der Waals surface area contributed by atoms with Gasteiger partial charge in [-0.05, 0) is 0 Å². The summed E-state index contributed by atoms with van der Waals surface area (Å²) in [5.41, 5.74) is 1.31. The Hall–Kier alpha value is -0.880. The molecule has 0 saturated carbocycles. The van der Waals surface area contributed by atoms with Gasteiger partial charge in [-0.2, -0.15) is 0 Å². The van der Waals surface area contributed by atoms with Gasteiger partial charge in [-0.3, -0.25) is 0 Å². The maximum absolute atomic E-state index is 12.7. The van der Waals surface area contributed by atoms with Crippen molar-refractivity contribution in [2.45, 2.75) is 98.1 Å². The third-order valence-corrected chi connectivity index (χ3v) is 13.4. The SMILES string of the molecule is CCCCCCCCCCCC(=O)OP(CC)(CC)(CC)Cc1ccccc1. The Balaban J connectivity index is 2.48. The quantitative estimate of drug-likeness (QED) is 0.204. The van der Waals surface area contributed by atoms with Crippen LogP contribution in [0.25, 0.3) is 0 Å². The van der Waals surface area contributed by atoms with Crippen LogP contribution < -0.4 is 0 Å². The summed E-state index contributed by atoms with van der Waals surface area (Å²) in [5, 5.41) is 0. The molecule has 2 nitrogen and oxygen atoms in total. The van der Waals surface area contributed by atoms with Crippen LogP contribution in [0.15, 0.2) is 30.3 Å². The molecule has 28 heavy (non-hydrogen) atoms. The van der Waals surface area contributed by atoms with Crippen LogP contribution in [0.2, 0.25) is 0 Å². The molecule has 162 valence electrons. The molecule has 0 bridgehead atoms. The van der Waals surface area contributed by atoms with Gasteiger partial charge >= 0.3 is 168 Å². The molecule has 0 fully saturated rings. The van der Waals surface area contributed by atoms with Crippen LogP contribution in [0.4, 0.5) is 0 Å². The molecule has 0 aliphatic rings. The fraction of sp³-hybridized carbons (Fsp3) is 0.720. The molecule has 0 N–H and O–H groups in total. The Morgan fingerprint density at radius 3 is 1.75 bits per heavy atom. The molecule has 1 aromatic carbocycles. The first-order valence-corrected chi connectivity index (χ1v) is 14.7. The summed E-state index contributed by atoms with van der Waals surface area (Å²) in [5.74, 6) is 0.0436. The maximum atomic E-state index is 12.7. The van der Waals surface area contributed by atoms with Gasteiger partial charge in [-0.1, -0.05) is 6.92 Å². The van der Waals surface area contributed by atoms with E-state index in [4.69, 9.17) is 4.52 Å². The number of benzene rings is 1. The molecule has 0 radical (unpaired) electrons. The second kappa shape index (κ2) is 13.4. The van der Waals surface area contributed by atoms with Gasteiger partial charge in [0, 0.05) is 0 Å². The number of carbonyl (C=O) groups is 1. The molecule has 1 aromatic rings. The van der Waals surface area contributed by atoms with Crippen molar-refractivity contribution in [3.05, 3.63) is 35.9 Å². The van der Waals surface area contributed by atoms with Crippen LogP contribution in [0.1, 0.15) is 97.5 Å². The monoisotopic (exact) mass is 408 g/mol. The average molecular weight is 409 g/mol. The van der Waals surface area contributed by atoms with Gasteiger partial charge in [-0.15, -0.1) is 0 Å². The van der Waals surface area contributed by atoms with Crippen molar-refractivity contribution in [1.29, 1.82) is 0 Å². The molecule has 0 aromatic heterocycles. The van der Waals surface area contributed by atoms with E-state index >= 15 is 0 Å². The van der Waals surface area contributed by atoms with E-state index in [1.54, 1.807) is 0 Å². The molecular weight excluding hydrogens is 363 g/mol. The third kappa shape index (κ3) is 8.24. The van der Waals surface area contributed by atoms with Crippen molar-refractivity contribution in [2.24, 2.45) is 0 Å². The summed E-state index contributed by atoms with van der Waals surface area (Å²) in [4.78, 5) is 12.7. The minimum absolute atomic E-state index is 0.0436.